The predicted octanol–water partition coefficient (Wildman–Crippen LogP) is 3.11. The van der Waals surface area contributed by atoms with Crippen LogP contribution in [-0.2, 0) is 19.6 Å². The minimum Gasteiger partial charge on any atom is -0.467 e. The lowest BCUT2D eigenvalue weighted by molar-refractivity contribution is 0.0745. The van der Waals surface area contributed by atoms with Crippen LogP contribution in [0, 0.1) is 0 Å². The number of furan rings is 1. The normalized spacial score (nSPS) is 13.9. The second kappa shape index (κ2) is 7.90. The number of carbonyl (C=O) groups excluding carboxylic acids is 2. The van der Waals surface area contributed by atoms with E-state index in [1.165, 1.54) is 0 Å². The maximum absolute atomic E-state index is 13.0. The van der Waals surface area contributed by atoms with Gasteiger partial charge in [-0.25, -0.2) is 0 Å². The van der Waals surface area contributed by atoms with E-state index in [1.807, 2.05) is 24.3 Å². The molecule has 8 heteroatoms. The Balaban J connectivity index is 1.48. The molecule has 144 valence electrons. The molecule has 28 heavy (non-hydrogen) atoms. The zero-order valence-corrected chi connectivity index (χ0v) is 15.9. The van der Waals surface area contributed by atoms with Crippen LogP contribution < -0.4 is 5.32 Å². The van der Waals surface area contributed by atoms with E-state index in [1.54, 1.807) is 34.0 Å². The molecule has 4 rings (SSSR count). The van der Waals surface area contributed by atoms with Crippen molar-refractivity contribution in [1.29, 1.82) is 0 Å². The zero-order valence-electron chi connectivity index (χ0n) is 15.1. The van der Waals surface area contributed by atoms with Crippen LogP contribution in [0.15, 0.2) is 53.1 Å². The van der Waals surface area contributed by atoms with Crippen molar-refractivity contribution >= 4 is 23.4 Å². The third-order valence-corrected chi connectivity index (χ3v) is 4.86. The van der Waals surface area contributed by atoms with Crippen molar-refractivity contribution in [3.8, 4) is 0 Å². The number of carbonyl (C=O) groups is 2. The highest BCUT2D eigenvalue weighted by Crippen LogP contribution is 2.18. The second-order valence-electron chi connectivity index (χ2n) is 6.61. The number of hydrogen-bond acceptors (Lipinski definition) is 4. The molecular formula is C20H19ClN4O3. The lowest BCUT2D eigenvalue weighted by Gasteiger charge is -2.20. The molecule has 3 aromatic rings. The van der Waals surface area contributed by atoms with E-state index in [-0.39, 0.29) is 24.1 Å². The van der Waals surface area contributed by atoms with E-state index in [9.17, 15) is 9.59 Å². The molecule has 2 aromatic heterocycles. The van der Waals surface area contributed by atoms with Crippen LogP contribution in [0.3, 0.4) is 0 Å². The summed E-state index contributed by atoms with van der Waals surface area (Å²) < 4.78 is 6.82. The van der Waals surface area contributed by atoms with Crippen molar-refractivity contribution < 1.29 is 14.0 Å². The smallest absolute Gasteiger partial charge is 0.272 e. The van der Waals surface area contributed by atoms with Gasteiger partial charge in [-0.2, -0.15) is 5.10 Å². The Morgan fingerprint density at radius 2 is 2.04 bits per heavy atom. The van der Waals surface area contributed by atoms with E-state index in [0.717, 1.165) is 12.0 Å². The zero-order chi connectivity index (χ0) is 19.5. The topological polar surface area (TPSA) is 80.4 Å². The largest absolute Gasteiger partial charge is 0.467 e. The number of aromatic nitrogens is 2. The molecule has 0 bridgehead atoms. The third kappa shape index (κ3) is 3.94. The lowest BCUT2D eigenvalue weighted by Crippen LogP contribution is -2.30. The van der Waals surface area contributed by atoms with E-state index in [0.29, 0.717) is 36.1 Å². The number of fused-ring (bicyclic) bond motifs is 1. The first-order valence-corrected chi connectivity index (χ1v) is 9.40. The van der Waals surface area contributed by atoms with Crippen molar-refractivity contribution in [3.63, 3.8) is 0 Å². The van der Waals surface area contributed by atoms with Gasteiger partial charge in [-0.05, 0) is 36.2 Å². The maximum atomic E-state index is 13.0. The number of nitrogens with one attached hydrogen (secondary N) is 1. The van der Waals surface area contributed by atoms with E-state index in [4.69, 9.17) is 16.0 Å². The van der Waals surface area contributed by atoms with Crippen molar-refractivity contribution in [3.05, 3.63) is 76.5 Å². The van der Waals surface area contributed by atoms with E-state index >= 15 is 0 Å². The number of aryl methyl sites for hydroxylation is 1. The summed E-state index contributed by atoms with van der Waals surface area (Å²) in [5, 5.41) is 7.74. The van der Waals surface area contributed by atoms with Gasteiger partial charge in [0.15, 0.2) is 5.69 Å². The van der Waals surface area contributed by atoms with Gasteiger partial charge in [0.25, 0.3) is 11.8 Å². The number of hydrogen-bond donors (Lipinski definition) is 1. The van der Waals surface area contributed by atoms with Crippen LogP contribution in [0.1, 0.15) is 38.7 Å². The average Bonchev–Trinajstić information content (AvgIpc) is 3.34. The van der Waals surface area contributed by atoms with Gasteiger partial charge >= 0.3 is 0 Å². The van der Waals surface area contributed by atoms with Gasteiger partial charge in [-0.3, -0.25) is 14.3 Å². The molecule has 3 heterocycles. The molecule has 0 aliphatic carbocycles. The summed E-state index contributed by atoms with van der Waals surface area (Å²) in [5.41, 5.74) is 1.65. The van der Waals surface area contributed by atoms with Gasteiger partial charge in [0, 0.05) is 30.7 Å². The fourth-order valence-electron chi connectivity index (χ4n) is 3.18. The summed E-state index contributed by atoms with van der Waals surface area (Å²) in [4.78, 5) is 27.1. The number of nitrogens with zero attached hydrogens (tertiary/aromatic N) is 3. The number of amides is 2. The molecule has 1 aliphatic heterocycles. The first-order chi connectivity index (χ1) is 13.6. The molecule has 1 aliphatic rings. The molecule has 1 N–H and O–H groups in total. The molecule has 0 saturated carbocycles. The highest BCUT2D eigenvalue weighted by atomic mass is 35.5. The standard InChI is InChI=1S/C20H19ClN4O3/c21-15-6-4-14(5-7-15)13-24-8-2-9-25-18(20(24)27)11-17(23-25)19(26)22-12-16-3-1-10-28-16/h1,3-7,10-11H,2,8-9,12-13H2,(H,22,26). The van der Waals surface area contributed by atoms with Crippen LogP contribution in [0.4, 0.5) is 0 Å². The summed E-state index contributed by atoms with van der Waals surface area (Å²) in [6, 6.07) is 12.5. The molecule has 0 fully saturated rings. The van der Waals surface area contributed by atoms with Gasteiger partial charge in [-0.15, -0.1) is 0 Å². The molecular weight excluding hydrogens is 380 g/mol. The summed E-state index contributed by atoms with van der Waals surface area (Å²) in [6.07, 6.45) is 2.32. The molecule has 1 aromatic carbocycles. The van der Waals surface area contributed by atoms with Crippen LogP contribution in [0.5, 0.6) is 0 Å². The van der Waals surface area contributed by atoms with Gasteiger partial charge < -0.3 is 14.6 Å². The Morgan fingerprint density at radius 3 is 2.79 bits per heavy atom. The lowest BCUT2D eigenvalue weighted by atomic mass is 10.2. The first-order valence-electron chi connectivity index (χ1n) is 9.02. The molecule has 0 spiro atoms. The molecule has 0 unspecified atom stereocenters. The Labute approximate surface area is 166 Å². The minimum atomic E-state index is -0.339. The monoisotopic (exact) mass is 398 g/mol. The van der Waals surface area contributed by atoms with Gasteiger partial charge in [0.05, 0.1) is 12.8 Å². The Bertz CT molecular complexity index is 980. The SMILES string of the molecule is O=C(NCc1ccco1)c1cc2n(n1)CCCN(Cc1ccc(Cl)cc1)C2=O. The predicted molar refractivity (Wildman–Crippen MR) is 103 cm³/mol. The van der Waals surface area contributed by atoms with Gasteiger partial charge in [-0.1, -0.05) is 23.7 Å². The molecule has 0 saturated heterocycles. The second-order valence-corrected chi connectivity index (χ2v) is 7.04. The maximum Gasteiger partial charge on any atom is 0.272 e. The summed E-state index contributed by atoms with van der Waals surface area (Å²) >= 11 is 5.93. The fraction of sp³-hybridized carbons (Fsp3) is 0.250. The van der Waals surface area contributed by atoms with Crippen LogP contribution in [-0.4, -0.2) is 33.0 Å². The number of rotatable bonds is 5. The third-order valence-electron chi connectivity index (χ3n) is 4.61. The van der Waals surface area contributed by atoms with Gasteiger partial charge in [0.2, 0.25) is 0 Å². The van der Waals surface area contributed by atoms with Crippen molar-refractivity contribution in [2.24, 2.45) is 0 Å². The van der Waals surface area contributed by atoms with Crippen molar-refractivity contribution in [2.75, 3.05) is 6.54 Å². The summed E-state index contributed by atoms with van der Waals surface area (Å²) in [7, 11) is 0. The molecule has 0 atom stereocenters. The Hall–Kier alpha value is -3.06. The quantitative estimate of drug-likeness (QED) is 0.716. The fourth-order valence-corrected chi connectivity index (χ4v) is 3.30. The number of halogens is 1. The van der Waals surface area contributed by atoms with Crippen molar-refractivity contribution in [2.45, 2.75) is 26.1 Å². The average molecular weight is 399 g/mol. The molecule has 2 amide bonds. The first kappa shape index (κ1) is 18.3. The Morgan fingerprint density at radius 1 is 1.21 bits per heavy atom. The molecule has 7 nitrogen and oxygen atoms in total. The van der Waals surface area contributed by atoms with Crippen LogP contribution in [0.25, 0.3) is 0 Å². The van der Waals surface area contributed by atoms with Crippen molar-refractivity contribution in [1.82, 2.24) is 20.0 Å². The Kier molecular flexibility index (Phi) is 5.16. The van der Waals surface area contributed by atoms with E-state index in [2.05, 4.69) is 10.4 Å². The minimum absolute atomic E-state index is 0.134. The van der Waals surface area contributed by atoms with E-state index < -0.39 is 0 Å². The summed E-state index contributed by atoms with van der Waals surface area (Å²) in [6.45, 7) is 1.97. The number of benzene rings is 1. The van der Waals surface area contributed by atoms with Crippen LogP contribution in [0.2, 0.25) is 5.02 Å². The highest BCUT2D eigenvalue weighted by molar-refractivity contribution is 6.30. The van der Waals surface area contributed by atoms with Crippen LogP contribution >= 0.6 is 11.6 Å². The highest BCUT2D eigenvalue weighted by Gasteiger charge is 2.26. The summed E-state index contributed by atoms with van der Waals surface area (Å²) in [5.74, 6) is 0.179. The van der Waals surface area contributed by atoms with Gasteiger partial charge in [0.1, 0.15) is 11.5 Å². The molecule has 0 radical (unpaired) electrons.